The van der Waals surface area contributed by atoms with Crippen molar-refractivity contribution in [1.82, 2.24) is 0 Å². The molecule has 1 N–H and O–H groups in total. The van der Waals surface area contributed by atoms with Gasteiger partial charge in [-0.15, -0.1) is 0 Å². The van der Waals surface area contributed by atoms with Crippen LogP contribution in [0.25, 0.3) is 0 Å². The lowest BCUT2D eigenvalue weighted by Crippen LogP contribution is -2.26. The third-order valence-corrected chi connectivity index (χ3v) is 5.68. The van der Waals surface area contributed by atoms with Gasteiger partial charge in [0, 0.05) is 12.0 Å². The molecule has 1 aliphatic rings. The Labute approximate surface area is 178 Å². The van der Waals surface area contributed by atoms with Crippen LogP contribution >= 0.6 is 0 Å². The van der Waals surface area contributed by atoms with Crippen LogP contribution in [0.2, 0.25) is 0 Å². The molecule has 0 saturated heterocycles. The molecule has 0 radical (unpaired) electrons. The Morgan fingerprint density at radius 1 is 1.07 bits per heavy atom. The zero-order valence-corrected chi connectivity index (χ0v) is 17.9. The van der Waals surface area contributed by atoms with Gasteiger partial charge in [-0.3, -0.25) is 9.59 Å². The van der Waals surface area contributed by atoms with E-state index in [1.807, 2.05) is 37.3 Å². The predicted octanol–water partition coefficient (Wildman–Crippen LogP) is 5.59. The molecule has 3 rings (SSSR count). The number of rotatable bonds is 8. The normalized spacial score (nSPS) is 15.3. The fourth-order valence-corrected chi connectivity index (χ4v) is 4.01. The third-order valence-electron chi connectivity index (χ3n) is 5.68. The molecule has 2 aromatic rings. The quantitative estimate of drug-likeness (QED) is 0.578. The van der Waals surface area contributed by atoms with Crippen molar-refractivity contribution in [1.29, 1.82) is 0 Å². The monoisotopic (exact) mass is 409 g/mol. The van der Waals surface area contributed by atoms with Crippen molar-refractivity contribution in [2.24, 2.45) is 5.92 Å². The van der Waals surface area contributed by atoms with Gasteiger partial charge in [-0.1, -0.05) is 68.5 Å². The SMILES string of the molecule is COc1ccc(C)cc1NC(=O)[C@H](OC(=O)CCC1CCCCC1)c1ccccc1. The highest BCUT2D eigenvalue weighted by molar-refractivity contribution is 5.97. The summed E-state index contributed by atoms with van der Waals surface area (Å²) in [6, 6.07) is 14.7. The van der Waals surface area contributed by atoms with Crippen molar-refractivity contribution in [3.05, 3.63) is 59.7 Å². The van der Waals surface area contributed by atoms with Crippen LogP contribution in [0.15, 0.2) is 48.5 Å². The molecule has 0 unspecified atom stereocenters. The van der Waals surface area contributed by atoms with Crippen molar-refractivity contribution in [2.45, 2.75) is 58.0 Å². The van der Waals surface area contributed by atoms with Gasteiger partial charge in [-0.05, 0) is 37.0 Å². The van der Waals surface area contributed by atoms with E-state index in [0.29, 0.717) is 29.3 Å². The summed E-state index contributed by atoms with van der Waals surface area (Å²) in [6.07, 6.45) is 6.31. The number of hydrogen-bond donors (Lipinski definition) is 1. The van der Waals surface area contributed by atoms with Gasteiger partial charge in [0.05, 0.1) is 12.8 Å². The first-order valence-corrected chi connectivity index (χ1v) is 10.8. The number of carbonyl (C=O) groups is 2. The summed E-state index contributed by atoms with van der Waals surface area (Å²) < 4.78 is 11.0. The van der Waals surface area contributed by atoms with Gasteiger partial charge in [0.1, 0.15) is 5.75 Å². The number of carbonyl (C=O) groups excluding carboxylic acids is 2. The van der Waals surface area contributed by atoms with Crippen molar-refractivity contribution < 1.29 is 19.1 Å². The van der Waals surface area contributed by atoms with Crippen LogP contribution in [0.4, 0.5) is 5.69 Å². The number of ether oxygens (including phenoxy) is 2. The summed E-state index contributed by atoms with van der Waals surface area (Å²) in [5, 5.41) is 2.87. The second-order valence-corrected chi connectivity index (χ2v) is 8.02. The molecule has 5 heteroatoms. The predicted molar refractivity (Wildman–Crippen MR) is 117 cm³/mol. The maximum Gasteiger partial charge on any atom is 0.306 e. The lowest BCUT2D eigenvalue weighted by molar-refractivity contribution is -0.155. The lowest BCUT2D eigenvalue weighted by Gasteiger charge is -2.22. The molecule has 5 nitrogen and oxygen atoms in total. The van der Waals surface area contributed by atoms with Crippen molar-refractivity contribution >= 4 is 17.6 Å². The zero-order valence-electron chi connectivity index (χ0n) is 17.9. The molecule has 1 saturated carbocycles. The third kappa shape index (κ3) is 6.09. The van der Waals surface area contributed by atoms with E-state index in [9.17, 15) is 9.59 Å². The number of anilines is 1. The van der Waals surface area contributed by atoms with Gasteiger partial charge in [0.15, 0.2) is 0 Å². The van der Waals surface area contributed by atoms with Gasteiger partial charge in [0.2, 0.25) is 6.10 Å². The molecule has 0 heterocycles. The van der Waals surface area contributed by atoms with E-state index in [2.05, 4.69) is 5.32 Å². The van der Waals surface area contributed by atoms with E-state index in [1.54, 1.807) is 25.3 Å². The minimum absolute atomic E-state index is 0.333. The maximum atomic E-state index is 13.1. The Bertz CT molecular complexity index is 843. The molecule has 0 bridgehead atoms. The summed E-state index contributed by atoms with van der Waals surface area (Å²) in [4.78, 5) is 25.7. The smallest absolute Gasteiger partial charge is 0.306 e. The number of methoxy groups -OCH3 is 1. The molecule has 1 amide bonds. The van der Waals surface area contributed by atoms with E-state index in [1.165, 1.54) is 32.1 Å². The maximum absolute atomic E-state index is 13.1. The van der Waals surface area contributed by atoms with Crippen LogP contribution in [0.1, 0.15) is 62.2 Å². The van der Waals surface area contributed by atoms with Crippen molar-refractivity contribution in [3.63, 3.8) is 0 Å². The number of aryl methyl sites for hydroxylation is 1. The number of amides is 1. The standard InChI is InChI=1S/C25H31NO4/c1-18-13-15-22(29-2)21(17-18)26-25(28)24(20-11-7-4-8-12-20)30-23(27)16-14-19-9-5-3-6-10-19/h4,7-8,11-13,15,17,19,24H,3,5-6,9-10,14,16H2,1-2H3,(H,26,28)/t24-/m1/s1. The highest BCUT2D eigenvalue weighted by Crippen LogP contribution is 2.30. The number of benzene rings is 2. The first kappa shape index (κ1) is 21.9. The van der Waals surface area contributed by atoms with Crippen LogP contribution in [0.5, 0.6) is 5.75 Å². The molecule has 1 aliphatic carbocycles. The van der Waals surface area contributed by atoms with E-state index in [0.717, 1.165) is 12.0 Å². The second-order valence-electron chi connectivity index (χ2n) is 8.02. The van der Waals surface area contributed by atoms with Gasteiger partial charge < -0.3 is 14.8 Å². The van der Waals surface area contributed by atoms with Crippen LogP contribution in [-0.2, 0) is 14.3 Å². The number of nitrogens with one attached hydrogen (secondary N) is 1. The first-order valence-electron chi connectivity index (χ1n) is 10.8. The van der Waals surface area contributed by atoms with E-state index >= 15 is 0 Å². The second kappa shape index (κ2) is 10.8. The van der Waals surface area contributed by atoms with Crippen LogP contribution in [0, 0.1) is 12.8 Å². The summed E-state index contributed by atoms with van der Waals surface area (Å²) >= 11 is 0. The molecular formula is C25H31NO4. The van der Waals surface area contributed by atoms with Crippen LogP contribution < -0.4 is 10.1 Å². The van der Waals surface area contributed by atoms with Gasteiger partial charge >= 0.3 is 5.97 Å². The minimum Gasteiger partial charge on any atom is -0.495 e. The first-order chi connectivity index (χ1) is 14.6. The average Bonchev–Trinajstić information content (AvgIpc) is 2.77. The van der Waals surface area contributed by atoms with Crippen molar-refractivity contribution in [2.75, 3.05) is 12.4 Å². The van der Waals surface area contributed by atoms with E-state index < -0.39 is 12.0 Å². The number of hydrogen-bond acceptors (Lipinski definition) is 4. The minimum atomic E-state index is -1.00. The summed E-state index contributed by atoms with van der Waals surface area (Å²) in [5.74, 6) is 0.424. The zero-order chi connectivity index (χ0) is 21.3. The molecule has 30 heavy (non-hydrogen) atoms. The fraction of sp³-hybridized carbons (Fsp3) is 0.440. The highest BCUT2D eigenvalue weighted by Gasteiger charge is 2.26. The fourth-order valence-electron chi connectivity index (χ4n) is 4.01. The molecule has 160 valence electrons. The van der Waals surface area contributed by atoms with Crippen LogP contribution in [-0.4, -0.2) is 19.0 Å². The molecule has 1 atom stereocenters. The van der Waals surface area contributed by atoms with E-state index in [-0.39, 0.29) is 5.97 Å². The Morgan fingerprint density at radius 2 is 1.80 bits per heavy atom. The van der Waals surface area contributed by atoms with Gasteiger partial charge in [0.25, 0.3) is 5.91 Å². The summed E-state index contributed by atoms with van der Waals surface area (Å²) in [6.45, 7) is 1.94. The van der Waals surface area contributed by atoms with E-state index in [4.69, 9.17) is 9.47 Å². The Balaban J connectivity index is 1.70. The summed E-state index contributed by atoms with van der Waals surface area (Å²) in [5.41, 5.74) is 2.20. The summed E-state index contributed by atoms with van der Waals surface area (Å²) in [7, 11) is 1.56. The molecule has 1 fully saturated rings. The molecule has 0 aliphatic heterocycles. The largest absolute Gasteiger partial charge is 0.495 e. The van der Waals surface area contributed by atoms with Crippen molar-refractivity contribution in [3.8, 4) is 5.75 Å². The lowest BCUT2D eigenvalue weighted by atomic mass is 9.86. The Kier molecular flexibility index (Phi) is 7.89. The average molecular weight is 410 g/mol. The van der Waals surface area contributed by atoms with Gasteiger partial charge in [-0.2, -0.15) is 0 Å². The molecular weight excluding hydrogens is 378 g/mol. The molecule has 2 aromatic carbocycles. The molecule has 0 spiro atoms. The Morgan fingerprint density at radius 3 is 2.50 bits per heavy atom. The Hall–Kier alpha value is -2.82. The molecule has 0 aromatic heterocycles. The topological polar surface area (TPSA) is 64.6 Å². The number of esters is 1. The van der Waals surface area contributed by atoms with Crippen LogP contribution in [0.3, 0.4) is 0 Å². The van der Waals surface area contributed by atoms with Gasteiger partial charge in [-0.25, -0.2) is 0 Å². The highest BCUT2D eigenvalue weighted by atomic mass is 16.5.